The van der Waals surface area contributed by atoms with Gasteiger partial charge in [0.25, 0.3) is 5.91 Å². The van der Waals surface area contributed by atoms with Gasteiger partial charge in [-0.15, -0.1) is 0 Å². The van der Waals surface area contributed by atoms with E-state index in [9.17, 15) is 9.59 Å². The molecule has 102 valence electrons. The first-order valence-electron chi connectivity index (χ1n) is 6.70. The SMILES string of the molecule is CNCC1CCCN1C(=O)c1ccc(C(C)=O)cc1. The summed E-state index contributed by atoms with van der Waals surface area (Å²) in [6.45, 7) is 3.18. The number of nitrogens with zero attached hydrogens (tertiary/aromatic N) is 1. The average Bonchev–Trinajstić information content (AvgIpc) is 2.87. The Labute approximate surface area is 113 Å². The molecule has 1 saturated heterocycles. The second-order valence-corrected chi connectivity index (χ2v) is 4.99. The van der Waals surface area contributed by atoms with Crippen LogP contribution in [0, 0.1) is 0 Å². The highest BCUT2D eigenvalue weighted by Gasteiger charge is 2.28. The Hall–Kier alpha value is -1.68. The molecule has 1 aliphatic rings. The Kier molecular flexibility index (Phi) is 4.32. The predicted octanol–water partition coefficient (Wildman–Crippen LogP) is 1.71. The summed E-state index contributed by atoms with van der Waals surface area (Å²) < 4.78 is 0. The van der Waals surface area contributed by atoms with Gasteiger partial charge in [0.05, 0.1) is 0 Å². The van der Waals surface area contributed by atoms with E-state index in [0.717, 1.165) is 25.9 Å². The van der Waals surface area contributed by atoms with E-state index in [-0.39, 0.29) is 17.7 Å². The molecule has 1 amide bonds. The van der Waals surface area contributed by atoms with Crippen LogP contribution in [0.1, 0.15) is 40.5 Å². The Bertz CT molecular complexity index is 468. The summed E-state index contributed by atoms with van der Waals surface area (Å²) in [4.78, 5) is 25.6. The van der Waals surface area contributed by atoms with E-state index in [1.807, 2.05) is 11.9 Å². The number of rotatable bonds is 4. The minimum Gasteiger partial charge on any atom is -0.334 e. The minimum absolute atomic E-state index is 0.0215. The van der Waals surface area contributed by atoms with Crippen LogP contribution in [0.25, 0.3) is 0 Å². The number of carbonyl (C=O) groups excluding carboxylic acids is 2. The number of ketones is 1. The molecule has 0 spiro atoms. The Balaban J connectivity index is 2.12. The van der Waals surface area contributed by atoms with Gasteiger partial charge in [0.1, 0.15) is 0 Å². The summed E-state index contributed by atoms with van der Waals surface area (Å²) in [7, 11) is 1.91. The third kappa shape index (κ3) is 3.01. The van der Waals surface area contributed by atoms with Crippen LogP contribution in [-0.2, 0) is 0 Å². The molecule has 0 aliphatic carbocycles. The van der Waals surface area contributed by atoms with Crippen molar-refractivity contribution in [2.24, 2.45) is 0 Å². The normalized spacial score (nSPS) is 18.6. The number of likely N-dealkylation sites (N-methyl/N-ethyl adjacent to an activating group) is 1. The van der Waals surface area contributed by atoms with Crippen LogP contribution in [0.15, 0.2) is 24.3 Å². The van der Waals surface area contributed by atoms with E-state index in [2.05, 4.69) is 5.32 Å². The lowest BCUT2D eigenvalue weighted by molar-refractivity contribution is 0.0736. The number of likely N-dealkylation sites (tertiary alicyclic amines) is 1. The lowest BCUT2D eigenvalue weighted by atomic mass is 10.1. The molecule has 1 aliphatic heterocycles. The molecule has 0 saturated carbocycles. The zero-order valence-corrected chi connectivity index (χ0v) is 11.5. The molecule has 1 fully saturated rings. The van der Waals surface area contributed by atoms with E-state index in [4.69, 9.17) is 0 Å². The summed E-state index contributed by atoms with van der Waals surface area (Å²) in [5.41, 5.74) is 1.30. The summed E-state index contributed by atoms with van der Waals surface area (Å²) in [6, 6.07) is 7.21. The molecular formula is C15H20N2O2. The number of hydrogen-bond donors (Lipinski definition) is 1. The van der Waals surface area contributed by atoms with E-state index in [1.165, 1.54) is 6.92 Å². The largest absolute Gasteiger partial charge is 0.334 e. The quantitative estimate of drug-likeness (QED) is 0.838. The highest BCUT2D eigenvalue weighted by Crippen LogP contribution is 2.20. The number of nitrogens with one attached hydrogen (secondary N) is 1. The van der Waals surface area contributed by atoms with Crippen molar-refractivity contribution in [3.05, 3.63) is 35.4 Å². The van der Waals surface area contributed by atoms with Gasteiger partial charge in [0.2, 0.25) is 0 Å². The maximum atomic E-state index is 12.4. The zero-order valence-electron chi connectivity index (χ0n) is 11.5. The van der Waals surface area contributed by atoms with Crippen LogP contribution in [0.3, 0.4) is 0 Å². The fourth-order valence-corrected chi connectivity index (χ4v) is 2.56. The van der Waals surface area contributed by atoms with Crippen molar-refractivity contribution in [1.82, 2.24) is 10.2 Å². The number of amides is 1. The molecule has 1 aromatic rings. The van der Waals surface area contributed by atoms with Crippen LogP contribution >= 0.6 is 0 Å². The van der Waals surface area contributed by atoms with Gasteiger partial charge in [0.15, 0.2) is 5.78 Å². The van der Waals surface area contributed by atoms with Gasteiger partial charge in [-0.3, -0.25) is 9.59 Å². The van der Waals surface area contributed by atoms with Crippen molar-refractivity contribution in [3.63, 3.8) is 0 Å². The molecule has 0 radical (unpaired) electrons. The van der Waals surface area contributed by atoms with Crippen LogP contribution in [0.4, 0.5) is 0 Å². The van der Waals surface area contributed by atoms with Crippen LogP contribution in [-0.4, -0.2) is 42.8 Å². The fraction of sp³-hybridized carbons (Fsp3) is 0.467. The van der Waals surface area contributed by atoms with Gasteiger partial charge >= 0.3 is 0 Å². The van der Waals surface area contributed by atoms with Gasteiger partial charge in [-0.1, -0.05) is 12.1 Å². The first-order chi connectivity index (χ1) is 9.13. The molecular weight excluding hydrogens is 240 g/mol. The molecule has 4 heteroatoms. The first-order valence-corrected chi connectivity index (χ1v) is 6.70. The monoisotopic (exact) mass is 260 g/mol. The van der Waals surface area contributed by atoms with Crippen LogP contribution < -0.4 is 5.32 Å². The van der Waals surface area contributed by atoms with Crippen molar-refractivity contribution in [1.29, 1.82) is 0 Å². The molecule has 0 aromatic heterocycles. The molecule has 2 rings (SSSR count). The van der Waals surface area contributed by atoms with E-state index in [0.29, 0.717) is 11.1 Å². The van der Waals surface area contributed by atoms with Crippen molar-refractivity contribution in [2.75, 3.05) is 20.1 Å². The number of carbonyl (C=O) groups is 2. The van der Waals surface area contributed by atoms with Crippen molar-refractivity contribution >= 4 is 11.7 Å². The van der Waals surface area contributed by atoms with Gasteiger partial charge in [-0.2, -0.15) is 0 Å². The lowest BCUT2D eigenvalue weighted by Crippen LogP contribution is -2.40. The molecule has 1 unspecified atom stereocenters. The van der Waals surface area contributed by atoms with E-state index < -0.39 is 0 Å². The molecule has 1 aromatic carbocycles. The highest BCUT2D eigenvalue weighted by molar-refractivity contribution is 5.97. The third-order valence-electron chi connectivity index (χ3n) is 3.62. The van der Waals surface area contributed by atoms with Gasteiger partial charge < -0.3 is 10.2 Å². The van der Waals surface area contributed by atoms with E-state index in [1.54, 1.807) is 24.3 Å². The number of benzene rings is 1. The fourth-order valence-electron chi connectivity index (χ4n) is 2.56. The van der Waals surface area contributed by atoms with E-state index >= 15 is 0 Å². The number of Topliss-reactive ketones (excluding diaryl/α,β-unsaturated/α-hetero) is 1. The minimum atomic E-state index is 0.0215. The average molecular weight is 260 g/mol. The molecule has 1 N–H and O–H groups in total. The predicted molar refractivity (Wildman–Crippen MR) is 74.4 cm³/mol. The maximum absolute atomic E-state index is 12.4. The van der Waals surface area contributed by atoms with Crippen molar-refractivity contribution in [2.45, 2.75) is 25.8 Å². The van der Waals surface area contributed by atoms with Crippen molar-refractivity contribution in [3.8, 4) is 0 Å². The third-order valence-corrected chi connectivity index (χ3v) is 3.62. The second-order valence-electron chi connectivity index (χ2n) is 4.99. The molecule has 1 heterocycles. The molecule has 0 bridgehead atoms. The Morgan fingerprint density at radius 3 is 2.47 bits per heavy atom. The zero-order chi connectivity index (χ0) is 13.8. The van der Waals surface area contributed by atoms with Crippen LogP contribution in [0.5, 0.6) is 0 Å². The Morgan fingerprint density at radius 2 is 1.89 bits per heavy atom. The first kappa shape index (κ1) is 13.7. The standard InChI is InChI=1S/C15H20N2O2/c1-11(18)12-5-7-13(8-6-12)15(19)17-9-3-4-14(17)10-16-2/h5-8,14,16H,3-4,9-10H2,1-2H3. The summed E-state index contributed by atoms with van der Waals surface area (Å²) >= 11 is 0. The lowest BCUT2D eigenvalue weighted by Gasteiger charge is -2.24. The highest BCUT2D eigenvalue weighted by atomic mass is 16.2. The van der Waals surface area contributed by atoms with Gasteiger partial charge in [-0.05, 0) is 38.9 Å². The Morgan fingerprint density at radius 1 is 1.26 bits per heavy atom. The molecule has 1 atom stereocenters. The van der Waals surface area contributed by atoms with Crippen LogP contribution in [0.2, 0.25) is 0 Å². The van der Waals surface area contributed by atoms with Gasteiger partial charge in [-0.25, -0.2) is 0 Å². The smallest absolute Gasteiger partial charge is 0.254 e. The molecule has 19 heavy (non-hydrogen) atoms. The second kappa shape index (κ2) is 5.97. The molecule has 4 nitrogen and oxygen atoms in total. The van der Waals surface area contributed by atoms with Crippen molar-refractivity contribution < 1.29 is 9.59 Å². The summed E-state index contributed by atoms with van der Waals surface area (Å²) in [5, 5.41) is 3.13. The summed E-state index contributed by atoms with van der Waals surface area (Å²) in [5.74, 6) is 0.0843. The number of hydrogen-bond acceptors (Lipinski definition) is 3. The van der Waals surface area contributed by atoms with Gasteiger partial charge in [0, 0.05) is 30.3 Å². The topological polar surface area (TPSA) is 49.4 Å². The summed E-state index contributed by atoms with van der Waals surface area (Å²) in [6.07, 6.45) is 2.11. The maximum Gasteiger partial charge on any atom is 0.254 e.